The third-order valence-electron chi connectivity index (χ3n) is 3.20. The number of fused-ring (bicyclic) bond motifs is 1. The molecule has 5 heteroatoms. The molecular weight excluding hydrogens is 262 g/mol. The molecule has 106 valence electrons. The molecule has 0 fully saturated rings. The van der Waals surface area contributed by atoms with Crippen molar-refractivity contribution in [2.75, 3.05) is 25.1 Å². The monoisotopic (exact) mass is 283 g/mol. The molecule has 1 aromatic rings. The van der Waals surface area contributed by atoms with Crippen molar-refractivity contribution in [3.63, 3.8) is 0 Å². The molecule has 1 aliphatic rings. The van der Waals surface area contributed by atoms with Gasteiger partial charge < -0.3 is 10.1 Å². The Morgan fingerprint density at radius 1 is 1.42 bits per heavy atom. The maximum absolute atomic E-state index is 11.0. The molecule has 0 spiro atoms. The summed E-state index contributed by atoms with van der Waals surface area (Å²) in [5, 5.41) is 3.26. The lowest BCUT2D eigenvalue weighted by molar-refractivity contribution is 0.228. The van der Waals surface area contributed by atoms with Gasteiger partial charge in [0.2, 0.25) is 0 Å². The summed E-state index contributed by atoms with van der Waals surface area (Å²) in [6.07, 6.45) is 3.01. The fourth-order valence-electron chi connectivity index (χ4n) is 2.29. The van der Waals surface area contributed by atoms with Crippen LogP contribution in [-0.2, 0) is 16.3 Å². The third kappa shape index (κ3) is 4.51. The van der Waals surface area contributed by atoms with E-state index in [0.717, 1.165) is 18.7 Å². The van der Waals surface area contributed by atoms with Crippen molar-refractivity contribution in [3.8, 4) is 5.75 Å². The van der Waals surface area contributed by atoms with Gasteiger partial charge in [-0.1, -0.05) is 17.7 Å². The molecule has 0 aromatic heterocycles. The largest absolute Gasteiger partial charge is 0.488 e. The minimum Gasteiger partial charge on any atom is -0.488 e. The van der Waals surface area contributed by atoms with Crippen LogP contribution in [0.1, 0.15) is 17.5 Å². The molecule has 0 saturated heterocycles. The Balaban J connectivity index is 1.70. The van der Waals surface area contributed by atoms with E-state index in [-0.39, 0.29) is 11.9 Å². The maximum Gasteiger partial charge on any atom is 0.147 e. The number of hydrogen-bond donors (Lipinski definition) is 1. The molecule has 0 amide bonds. The number of sulfone groups is 1. The normalized spacial score (nSPS) is 18.1. The first-order valence-corrected chi connectivity index (χ1v) is 8.65. The van der Waals surface area contributed by atoms with E-state index in [1.165, 1.54) is 17.4 Å². The van der Waals surface area contributed by atoms with Crippen molar-refractivity contribution in [3.05, 3.63) is 29.3 Å². The molecule has 1 unspecified atom stereocenters. The summed E-state index contributed by atoms with van der Waals surface area (Å²) in [5.41, 5.74) is 2.52. The Labute approximate surface area is 115 Å². The molecule has 1 aromatic carbocycles. The number of hydrogen-bond acceptors (Lipinski definition) is 4. The van der Waals surface area contributed by atoms with Gasteiger partial charge in [-0.3, -0.25) is 0 Å². The van der Waals surface area contributed by atoms with Crippen LogP contribution in [0.4, 0.5) is 0 Å². The first-order chi connectivity index (χ1) is 8.94. The molecule has 2 rings (SSSR count). The molecule has 19 heavy (non-hydrogen) atoms. The van der Waals surface area contributed by atoms with E-state index in [9.17, 15) is 8.42 Å². The van der Waals surface area contributed by atoms with Crippen LogP contribution in [0, 0.1) is 6.92 Å². The smallest absolute Gasteiger partial charge is 0.147 e. The highest BCUT2D eigenvalue weighted by molar-refractivity contribution is 7.90. The fourth-order valence-corrected chi connectivity index (χ4v) is 2.95. The number of benzene rings is 1. The molecule has 0 saturated carbocycles. The Bertz CT molecular complexity index is 540. The van der Waals surface area contributed by atoms with E-state index >= 15 is 0 Å². The zero-order valence-corrected chi connectivity index (χ0v) is 12.3. The van der Waals surface area contributed by atoms with Gasteiger partial charge in [-0.05, 0) is 31.5 Å². The van der Waals surface area contributed by atoms with Gasteiger partial charge in [-0.25, -0.2) is 8.42 Å². The molecule has 0 aliphatic carbocycles. The SMILES string of the molecule is Cc1ccc2c(c1)CC(CNCCCS(C)(=O)=O)O2. The number of rotatable bonds is 6. The van der Waals surface area contributed by atoms with Gasteiger partial charge in [0.15, 0.2) is 0 Å². The number of ether oxygens (including phenoxy) is 1. The lowest BCUT2D eigenvalue weighted by atomic mass is 10.1. The maximum atomic E-state index is 11.0. The second kappa shape index (κ2) is 5.92. The van der Waals surface area contributed by atoms with Crippen molar-refractivity contribution >= 4 is 9.84 Å². The Kier molecular flexibility index (Phi) is 4.47. The Morgan fingerprint density at radius 2 is 2.21 bits per heavy atom. The average molecular weight is 283 g/mol. The minimum absolute atomic E-state index is 0.162. The predicted molar refractivity (Wildman–Crippen MR) is 76.5 cm³/mol. The van der Waals surface area contributed by atoms with Gasteiger partial charge in [-0.2, -0.15) is 0 Å². The van der Waals surface area contributed by atoms with Crippen LogP contribution in [0.15, 0.2) is 18.2 Å². The fraction of sp³-hybridized carbons (Fsp3) is 0.571. The highest BCUT2D eigenvalue weighted by Gasteiger charge is 2.22. The van der Waals surface area contributed by atoms with Crippen molar-refractivity contribution in [2.24, 2.45) is 0 Å². The summed E-state index contributed by atoms with van der Waals surface area (Å²) in [6, 6.07) is 6.24. The van der Waals surface area contributed by atoms with E-state index in [1.807, 2.05) is 6.07 Å². The second-order valence-corrected chi connectivity index (χ2v) is 7.50. The summed E-state index contributed by atoms with van der Waals surface area (Å²) in [6.45, 7) is 3.55. The summed E-state index contributed by atoms with van der Waals surface area (Å²) in [5.74, 6) is 1.22. The molecule has 1 N–H and O–H groups in total. The highest BCUT2D eigenvalue weighted by Crippen LogP contribution is 2.29. The van der Waals surface area contributed by atoms with E-state index in [1.54, 1.807) is 0 Å². The van der Waals surface area contributed by atoms with Crippen LogP contribution in [0.5, 0.6) is 5.75 Å². The molecule has 4 nitrogen and oxygen atoms in total. The first kappa shape index (κ1) is 14.3. The van der Waals surface area contributed by atoms with Crippen LogP contribution >= 0.6 is 0 Å². The van der Waals surface area contributed by atoms with Crippen molar-refractivity contribution in [2.45, 2.75) is 25.9 Å². The first-order valence-electron chi connectivity index (χ1n) is 6.59. The quantitative estimate of drug-likeness (QED) is 0.800. The van der Waals surface area contributed by atoms with Crippen molar-refractivity contribution in [1.29, 1.82) is 0 Å². The Hall–Kier alpha value is -1.07. The van der Waals surface area contributed by atoms with Crippen molar-refractivity contribution in [1.82, 2.24) is 5.32 Å². The second-order valence-electron chi connectivity index (χ2n) is 5.24. The molecule has 0 bridgehead atoms. The van der Waals surface area contributed by atoms with E-state index in [2.05, 4.69) is 24.4 Å². The topological polar surface area (TPSA) is 55.4 Å². The zero-order valence-electron chi connectivity index (χ0n) is 11.5. The molecular formula is C14H21NO3S. The van der Waals surface area contributed by atoms with Crippen LogP contribution in [0.2, 0.25) is 0 Å². The van der Waals surface area contributed by atoms with E-state index in [0.29, 0.717) is 13.0 Å². The summed E-state index contributed by atoms with van der Waals surface area (Å²) < 4.78 is 27.8. The molecule has 1 aliphatic heterocycles. The zero-order chi connectivity index (χ0) is 13.9. The van der Waals surface area contributed by atoms with Gasteiger partial charge in [0, 0.05) is 19.2 Å². The third-order valence-corrected chi connectivity index (χ3v) is 4.23. The average Bonchev–Trinajstić information content (AvgIpc) is 2.68. The van der Waals surface area contributed by atoms with Gasteiger partial charge in [-0.15, -0.1) is 0 Å². The summed E-state index contributed by atoms with van der Waals surface area (Å²) in [4.78, 5) is 0. The molecule has 0 radical (unpaired) electrons. The summed E-state index contributed by atoms with van der Waals surface area (Å²) in [7, 11) is -2.84. The summed E-state index contributed by atoms with van der Waals surface area (Å²) >= 11 is 0. The molecule has 1 heterocycles. The van der Waals surface area contributed by atoms with Crippen LogP contribution in [-0.4, -0.2) is 39.6 Å². The van der Waals surface area contributed by atoms with E-state index in [4.69, 9.17) is 4.74 Å². The van der Waals surface area contributed by atoms with Gasteiger partial charge in [0.1, 0.15) is 21.7 Å². The van der Waals surface area contributed by atoms with E-state index < -0.39 is 9.84 Å². The van der Waals surface area contributed by atoms with Gasteiger partial charge in [0.05, 0.1) is 5.75 Å². The Morgan fingerprint density at radius 3 is 2.95 bits per heavy atom. The minimum atomic E-state index is -2.84. The standard InChI is InChI=1S/C14H21NO3S/c1-11-4-5-14-12(8-11)9-13(18-14)10-15-6-3-7-19(2,16)17/h4-5,8,13,15H,3,6-7,9-10H2,1-2H3. The van der Waals surface area contributed by atoms with Crippen LogP contribution in [0.25, 0.3) is 0 Å². The van der Waals surface area contributed by atoms with Crippen LogP contribution in [0.3, 0.4) is 0 Å². The highest BCUT2D eigenvalue weighted by atomic mass is 32.2. The lowest BCUT2D eigenvalue weighted by Crippen LogP contribution is -2.31. The lowest BCUT2D eigenvalue weighted by Gasteiger charge is -2.11. The van der Waals surface area contributed by atoms with Crippen molar-refractivity contribution < 1.29 is 13.2 Å². The number of aryl methyl sites for hydroxylation is 1. The van der Waals surface area contributed by atoms with Gasteiger partial charge >= 0.3 is 0 Å². The van der Waals surface area contributed by atoms with Gasteiger partial charge in [0.25, 0.3) is 0 Å². The molecule has 1 atom stereocenters. The number of nitrogens with one attached hydrogen (secondary N) is 1. The van der Waals surface area contributed by atoms with Crippen LogP contribution < -0.4 is 10.1 Å². The predicted octanol–water partition coefficient (Wildman–Crippen LogP) is 1.32.